The smallest absolute Gasteiger partial charge is 0.306 e. The van der Waals surface area contributed by atoms with Gasteiger partial charge in [0.05, 0.1) is 0 Å². The summed E-state index contributed by atoms with van der Waals surface area (Å²) in [6.07, 6.45) is 33.8. The number of unbranched alkanes of at least 4 members (excludes halogenated alkanes) is 22. The van der Waals surface area contributed by atoms with Crippen molar-refractivity contribution in [2.75, 3.05) is 13.2 Å². The number of hydrogen-bond donors (Lipinski definition) is 0. The second kappa shape index (κ2) is 37.2. The van der Waals surface area contributed by atoms with Gasteiger partial charge in [0.15, 0.2) is 6.10 Å². The molecule has 0 spiro atoms. The highest BCUT2D eigenvalue weighted by atomic mass is 16.6. The maximum absolute atomic E-state index is 12.6. The minimum Gasteiger partial charge on any atom is -0.462 e. The van der Waals surface area contributed by atoms with Gasteiger partial charge in [-0.1, -0.05) is 195 Å². The summed E-state index contributed by atoms with van der Waals surface area (Å²) in [6, 6.07) is 0. The van der Waals surface area contributed by atoms with Crippen LogP contribution in [0.4, 0.5) is 0 Å². The number of carbonyl (C=O) groups excluding carboxylic acids is 3. The third-order valence-corrected chi connectivity index (χ3v) is 10.1. The van der Waals surface area contributed by atoms with Crippen LogP contribution in [0.25, 0.3) is 0 Å². The van der Waals surface area contributed by atoms with E-state index in [1.165, 1.54) is 122 Å². The summed E-state index contributed by atoms with van der Waals surface area (Å²) < 4.78 is 16.7. The molecule has 0 aromatic rings. The number of carbonyl (C=O) groups is 3. The molecule has 0 N–H and O–H groups in total. The van der Waals surface area contributed by atoms with Crippen LogP contribution in [0.1, 0.15) is 234 Å². The predicted octanol–water partition coefficient (Wildman–Crippen LogP) is 13.4. The van der Waals surface area contributed by atoms with Crippen molar-refractivity contribution in [2.45, 2.75) is 240 Å². The molecule has 50 heavy (non-hydrogen) atoms. The van der Waals surface area contributed by atoms with Gasteiger partial charge in [-0.25, -0.2) is 0 Å². The molecule has 0 saturated carbocycles. The molecule has 2 atom stereocenters. The first-order valence-corrected chi connectivity index (χ1v) is 21.8. The molecule has 0 aromatic carbocycles. The average molecular weight is 709 g/mol. The zero-order chi connectivity index (χ0) is 36.9. The Morgan fingerprint density at radius 3 is 1.14 bits per heavy atom. The van der Waals surface area contributed by atoms with Crippen LogP contribution >= 0.6 is 0 Å². The maximum atomic E-state index is 12.6. The molecule has 0 bridgehead atoms. The molecule has 0 heterocycles. The molecular formula is C44H84O6. The van der Waals surface area contributed by atoms with Gasteiger partial charge < -0.3 is 14.2 Å². The van der Waals surface area contributed by atoms with Gasteiger partial charge in [-0.05, 0) is 31.1 Å². The Morgan fingerprint density at radius 1 is 0.420 bits per heavy atom. The van der Waals surface area contributed by atoms with Crippen LogP contribution in [0.2, 0.25) is 0 Å². The molecule has 0 aromatic heterocycles. The standard InChI is InChI=1S/C44H84O6/c1-6-8-9-10-11-12-13-14-18-24-29-34-42(45)48-37-41(50-44(47)36-31-26-21-20-22-27-32-39(3)4)38-49-43(46)35-30-25-19-16-15-17-23-28-33-40(5)7-2/h39-41H,6-38H2,1-5H3/t40?,41-/m0/s1. The molecule has 0 fully saturated rings. The van der Waals surface area contributed by atoms with Gasteiger partial charge in [0.1, 0.15) is 13.2 Å². The highest BCUT2D eigenvalue weighted by molar-refractivity contribution is 5.71. The number of rotatable bonds is 38. The summed E-state index contributed by atoms with van der Waals surface area (Å²) in [4.78, 5) is 37.6. The molecule has 0 rings (SSSR count). The fourth-order valence-corrected chi connectivity index (χ4v) is 6.37. The average Bonchev–Trinajstić information content (AvgIpc) is 3.09. The Labute approximate surface area is 310 Å². The molecule has 6 heteroatoms. The van der Waals surface area contributed by atoms with E-state index in [9.17, 15) is 14.4 Å². The minimum absolute atomic E-state index is 0.0664. The number of esters is 3. The molecular weight excluding hydrogens is 624 g/mol. The van der Waals surface area contributed by atoms with Crippen molar-refractivity contribution in [2.24, 2.45) is 11.8 Å². The fraction of sp³-hybridized carbons (Fsp3) is 0.932. The van der Waals surface area contributed by atoms with E-state index >= 15 is 0 Å². The summed E-state index contributed by atoms with van der Waals surface area (Å²) in [6.45, 7) is 11.3. The van der Waals surface area contributed by atoms with Crippen molar-refractivity contribution >= 4 is 17.9 Å². The van der Waals surface area contributed by atoms with E-state index in [-0.39, 0.29) is 31.1 Å². The lowest BCUT2D eigenvalue weighted by molar-refractivity contribution is -0.167. The van der Waals surface area contributed by atoms with Crippen LogP contribution in [0.15, 0.2) is 0 Å². The van der Waals surface area contributed by atoms with Crippen LogP contribution in [0, 0.1) is 11.8 Å². The lowest BCUT2D eigenvalue weighted by Gasteiger charge is -2.18. The summed E-state index contributed by atoms with van der Waals surface area (Å²) >= 11 is 0. The van der Waals surface area contributed by atoms with E-state index in [0.29, 0.717) is 19.3 Å². The van der Waals surface area contributed by atoms with E-state index in [4.69, 9.17) is 14.2 Å². The Bertz CT molecular complexity index is 766. The third-order valence-electron chi connectivity index (χ3n) is 10.1. The Morgan fingerprint density at radius 2 is 0.760 bits per heavy atom. The van der Waals surface area contributed by atoms with Crippen LogP contribution < -0.4 is 0 Å². The summed E-state index contributed by atoms with van der Waals surface area (Å²) in [5, 5.41) is 0. The summed E-state index contributed by atoms with van der Waals surface area (Å²) in [5.74, 6) is 0.740. The first-order valence-electron chi connectivity index (χ1n) is 21.8. The fourth-order valence-electron chi connectivity index (χ4n) is 6.37. The predicted molar refractivity (Wildman–Crippen MR) is 210 cm³/mol. The quantitative estimate of drug-likeness (QED) is 0.0361. The van der Waals surface area contributed by atoms with Crippen LogP contribution in [-0.4, -0.2) is 37.2 Å². The van der Waals surface area contributed by atoms with Crippen molar-refractivity contribution in [1.29, 1.82) is 0 Å². The first-order chi connectivity index (χ1) is 24.3. The first kappa shape index (κ1) is 48.4. The van der Waals surface area contributed by atoms with Gasteiger partial charge in [0, 0.05) is 19.3 Å². The van der Waals surface area contributed by atoms with Crippen LogP contribution in [-0.2, 0) is 28.6 Å². The second-order valence-electron chi connectivity index (χ2n) is 15.7. The lowest BCUT2D eigenvalue weighted by atomic mass is 9.99. The molecule has 0 aliphatic rings. The van der Waals surface area contributed by atoms with Crippen molar-refractivity contribution in [3.8, 4) is 0 Å². The second-order valence-corrected chi connectivity index (χ2v) is 15.7. The largest absolute Gasteiger partial charge is 0.462 e. The topological polar surface area (TPSA) is 78.9 Å². The van der Waals surface area contributed by atoms with Gasteiger partial charge in [0.2, 0.25) is 0 Å². The van der Waals surface area contributed by atoms with Crippen molar-refractivity contribution in [3.05, 3.63) is 0 Å². The van der Waals surface area contributed by atoms with Gasteiger partial charge in [-0.2, -0.15) is 0 Å². The van der Waals surface area contributed by atoms with E-state index in [1.807, 2.05) is 0 Å². The Hall–Kier alpha value is -1.59. The van der Waals surface area contributed by atoms with Crippen molar-refractivity contribution in [3.63, 3.8) is 0 Å². The van der Waals surface area contributed by atoms with Crippen LogP contribution in [0.5, 0.6) is 0 Å². The molecule has 1 unspecified atom stereocenters. The van der Waals surface area contributed by atoms with Crippen molar-refractivity contribution in [1.82, 2.24) is 0 Å². The van der Waals surface area contributed by atoms with E-state index in [0.717, 1.165) is 69.6 Å². The van der Waals surface area contributed by atoms with Gasteiger partial charge in [-0.3, -0.25) is 14.4 Å². The maximum Gasteiger partial charge on any atom is 0.306 e. The summed E-state index contributed by atoms with van der Waals surface area (Å²) in [7, 11) is 0. The van der Waals surface area contributed by atoms with Crippen LogP contribution in [0.3, 0.4) is 0 Å². The number of hydrogen-bond acceptors (Lipinski definition) is 6. The minimum atomic E-state index is -0.760. The molecule has 0 aliphatic carbocycles. The highest BCUT2D eigenvalue weighted by Crippen LogP contribution is 2.17. The normalized spacial score (nSPS) is 12.6. The van der Waals surface area contributed by atoms with Gasteiger partial charge in [-0.15, -0.1) is 0 Å². The third kappa shape index (κ3) is 36.2. The Balaban J connectivity index is 4.34. The van der Waals surface area contributed by atoms with Crippen molar-refractivity contribution < 1.29 is 28.6 Å². The molecule has 296 valence electrons. The Kier molecular flexibility index (Phi) is 36.0. The van der Waals surface area contributed by atoms with Gasteiger partial charge >= 0.3 is 17.9 Å². The zero-order valence-electron chi connectivity index (χ0n) is 34.0. The molecule has 0 radical (unpaired) electrons. The monoisotopic (exact) mass is 709 g/mol. The molecule has 0 saturated heterocycles. The van der Waals surface area contributed by atoms with E-state index in [1.54, 1.807) is 0 Å². The van der Waals surface area contributed by atoms with E-state index < -0.39 is 6.10 Å². The molecule has 0 aliphatic heterocycles. The molecule has 0 amide bonds. The zero-order valence-corrected chi connectivity index (χ0v) is 34.0. The van der Waals surface area contributed by atoms with E-state index in [2.05, 4.69) is 34.6 Å². The highest BCUT2D eigenvalue weighted by Gasteiger charge is 2.19. The molecule has 6 nitrogen and oxygen atoms in total. The number of ether oxygens (including phenoxy) is 3. The SMILES string of the molecule is CCCCCCCCCCCCCC(=O)OC[C@@H](COC(=O)CCCCCCCCCCC(C)CC)OC(=O)CCCCCCCCC(C)C. The van der Waals surface area contributed by atoms with Gasteiger partial charge in [0.25, 0.3) is 0 Å². The lowest BCUT2D eigenvalue weighted by Crippen LogP contribution is -2.30. The summed E-state index contributed by atoms with van der Waals surface area (Å²) in [5.41, 5.74) is 0.